The third-order valence-corrected chi connectivity index (χ3v) is 5.14. The summed E-state index contributed by atoms with van der Waals surface area (Å²) in [4.78, 5) is 14.0. The molecule has 3 aromatic rings. The second-order valence-electron chi connectivity index (χ2n) is 5.89. The summed E-state index contributed by atoms with van der Waals surface area (Å²) >= 11 is 6.91. The zero-order valence-electron chi connectivity index (χ0n) is 14.4. The molecule has 0 radical (unpaired) electrons. The Balaban J connectivity index is 1.57. The fraction of sp³-hybridized carbons (Fsp3) is 0.150. The SMILES string of the molecule is CN(Cc1ccc(-c2ccc(Cl)cc2)o1)C(=O)CSc1ccc(F)cc1F. The van der Waals surface area contributed by atoms with Crippen LogP contribution in [0, 0.1) is 11.6 Å². The van der Waals surface area contributed by atoms with Crippen LogP contribution in [0.5, 0.6) is 0 Å². The predicted octanol–water partition coefficient (Wildman–Crippen LogP) is 5.63. The van der Waals surface area contributed by atoms with Crippen molar-refractivity contribution in [2.24, 2.45) is 0 Å². The van der Waals surface area contributed by atoms with Crippen LogP contribution in [-0.2, 0) is 11.3 Å². The fourth-order valence-corrected chi connectivity index (χ4v) is 3.38. The zero-order valence-corrected chi connectivity index (χ0v) is 16.0. The van der Waals surface area contributed by atoms with Gasteiger partial charge in [-0.05, 0) is 48.5 Å². The smallest absolute Gasteiger partial charge is 0.233 e. The van der Waals surface area contributed by atoms with Crippen molar-refractivity contribution in [3.8, 4) is 11.3 Å². The van der Waals surface area contributed by atoms with E-state index >= 15 is 0 Å². The maximum Gasteiger partial charge on any atom is 0.233 e. The van der Waals surface area contributed by atoms with E-state index < -0.39 is 11.6 Å². The lowest BCUT2D eigenvalue weighted by Gasteiger charge is -2.15. The summed E-state index contributed by atoms with van der Waals surface area (Å²) < 4.78 is 32.3. The van der Waals surface area contributed by atoms with Crippen molar-refractivity contribution in [2.75, 3.05) is 12.8 Å². The van der Waals surface area contributed by atoms with Crippen LogP contribution in [-0.4, -0.2) is 23.6 Å². The van der Waals surface area contributed by atoms with Gasteiger partial charge < -0.3 is 9.32 Å². The number of rotatable bonds is 6. The third kappa shape index (κ3) is 5.11. The normalized spacial score (nSPS) is 10.8. The number of furan rings is 1. The molecule has 2 aromatic carbocycles. The van der Waals surface area contributed by atoms with Gasteiger partial charge in [0.05, 0.1) is 12.3 Å². The molecule has 0 N–H and O–H groups in total. The van der Waals surface area contributed by atoms with E-state index in [9.17, 15) is 13.6 Å². The first-order valence-corrected chi connectivity index (χ1v) is 9.45. The summed E-state index contributed by atoms with van der Waals surface area (Å²) in [5, 5.41) is 0.644. The Morgan fingerprint density at radius 2 is 1.85 bits per heavy atom. The van der Waals surface area contributed by atoms with Gasteiger partial charge in [-0.1, -0.05) is 11.6 Å². The van der Waals surface area contributed by atoms with Crippen LogP contribution in [0.3, 0.4) is 0 Å². The van der Waals surface area contributed by atoms with Crippen LogP contribution < -0.4 is 0 Å². The highest BCUT2D eigenvalue weighted by Gasteiger charge is 2.14. The molecule has 3 nitrogen and oxygen atoms in total. The van der Waals surface area contributed by atoms with Gasteiger partial charge in [-0.3, -0.25) is 4.79 Å². The molecule has 0 spiro atoms. The lowest BCUT2D eigenvalue weighted by molar-refractivity contribution is -0.127. The minimum absolute atomic E-state index is 0.0454. The van der Waals surface area contributed by atoms with Gasteiger partial charge in [0, 0.05) is 28.6 Å². The average Bonchev–Trinajstić information content (AvgIpc) is 3.09. The van der Waals surface area contributed by atoms with Crippen LogP contribution >= 0.6 is 23.4 Å². The van der Waals surface area contributed by atoms with Gasteiger partial charge in [-0.2, -0.15) is 0 Å². The lowest BCUT2D eigenvalue weighted by Crippen LogP contribution is -2.27. The van der Waals surface area contributed by atoms with E-state index in [4.69, 9.17) is 16.0 Å². The van der Waals surface area contributed by atoms with Crippen LogP contribution in [0.2, 0.25) is 5.02 Å². The minimum Gasteiger partial charge on any atom is -0.459 e. The molecule has 0 aliphatic carbocycles. The Bertz CT molecular complexity index is 943. The van der Waals surface area contributed by atoms with Crippen molar-refractivity contribution in [1.29, 1.82) is 0 Å². The molecule has 0 bridgehead atoms. The summed E-state index contributed by atoms with van der Waals surface area (Å²) in [6.45, 7) is 0.291. The number of benzene rings is 2. The second-order valence-corrected chi connectivity index (χ2v) is 7.34. The molecule has 0 atom stereocenters. The molecule has 3 rings (SSSR count). The number of halogens is 3. The molecule has 27 heavy (non-hydrogen) atoms. The summed E-state index contributed by atoms with van der Waals surface area (Å²) in [5.41, 5.74) is 0.891. The molecule has 0 saturated heterocycles. The summed E-state index contributed by atoms with van der Waals surface area (Å²) in [5.74, 6) is -0.139. The lowest BCUT2D eigenvalue weighted by atomic mass is 10.2. The summed E-state index contributed by atoms with van der Waals surface area (Å²) in [6, 6.07) is 14.2. The quantitative estimate of drug-likeness (QED) is 0.496. The first-order valence-electron chi connectivity index (χ1n) is 8.09. The maximum atomic E-state index is 13.6. The van der Waals surface area contributed by atoms with E-state index in [1.165, 1.54) is 17.0 Å². The second kappa shape index (κ2) is 8.59. The zero-order chi connectivity index (χ0) is 19.4. The van der Waals surface area contributed by atoms with Crippen LogP contribution in [0.25, 0.3) is 11.3 Å². The molecule has 1 amide bonds. The molecular formula is C20H16ClF2NO2S. The molecule has 0 aliphatic heterocycles. The number of hydrogen-bond donors (Lipinski definition) is 0. The van der Waals surface area contributed by atoms with E-state index in [-0.39, 0.29) is 16.6 Å². The van der Waals surface area contributed by atoms with Crippen molar-refractivity contribution in [3.63, 3.8) is 0 Å². The molecule has 0 fully saturated rings. The van der Waals surface area contributed by atoms with Gasteiger partial charge in [0.2, 0.25) is 5.91 Å². The molecule has 1 aromatic heterocycles. The van der Waals surface area contributed by atoms with Gasteiger partial charge in [0.25, 0.3) is 0 Å². The van der Waals surface area contributed by atoms with Gasteiger partial charge in [0.15, 0.2) is 0 Å². The first-order chi connectivity index (χ1) is 12.9. The Labute approximate surface area is 164 Å². The van der Waals surface area contributed by atoms with E-state index in [2.05, 4.69) is 0 Å². The largest absolute Gasteiger partial charge is 0.459 e. The van der Waals surface area contributed by atoms with E-state index in [0.717, 1.165) is 23.4 Å². The van der Waals surface area contributed by atoms with Gasteiger partial charge in [0.1, 0.15) is 23.2 Å². The number of thioether (sulfide) groups is 1. The van der Waals surface area contributed by atoms with Crippen molar-refractivity contribution >= 4 is 29.3 Å². The Morgan fingerprint density at radius 1 is 1.11 bits per heavy atom. The Morgan fingerprint density at radius 3 is 2.56 bits per heavy atom. The molecule has 0 aliphatic rings. The number of nitrogens with zero attached hydrogens (tertiary/aromatic N) is 1. The molecule has 0 saturated carbocycles. The van der Waals surface area contributed by atoms with Gasteiger partial charge in [-0.15, -0.1) is 11.8 Å². The minimum atomic E-state index is -0.672. The number of hydrogen-bond acceptors (Lipinski definition) is 3. The molecule has 1 heterocycles. The summed E-state index contributed by atoms with van der Waals surface area (Å²) in [7, 11) is 1.65. The highest BCUT2D eigenvalue weighted by molar-refractivity contribution is 8.00. The fourth-order valence-electron chi connectivity index (χ4n) is 2.40. The molecule has 0 unspecified atom stereocenters. The highest BCUT2D eigenvalue weighted by atomic mass is 35.5. The monoisotopic (exact) mass is 407 g/mol. The Hall–Kier alpha value is -2.31. The topological polar surface area (TPSA) is 33.5 Å². The van der Waals surface area contributed by atoms with Gasteiger partial charge in [-0.25, -0.2) is 8.78 Å². The number of amides is 1. The van der Waals surface area contributed by atoms with Gasteiger partial charge >= 0.3 is 0 Å². The predicted molar refractivity (Wildman–Crippen MR) is 103 cm³/mol. The average molecular weight is 408 g/mol. The van der Waals surface area contributed by atoms with E-state index in [1.54, 1.807) is 25.2 Å². The van der Waals surface area contributed by atoms with E-state index in [1.807, 2.05) is 18.2 Å². The van der Waals surface area contributed by atoms with E-state index in [0.29, 0.717) is 23.1 Å². The molecule has 140 valence electrons. The first kappa shape index (κ1) is 19.5. The maximum absolute atomic E-state index is 13.6. The van der Waals surface area contributed by atoms with Crippen molar-refractivity contribution in [2.45, 2.75) is 11.4 Å². The van der Waals surface area contributed by atoms with Crippen LogP contribution in [0.4, 0.5) is 8.78 Å². The summed E-state index contributed by atoms with van der Waals surface area (Å²) in [6.07, 6.45) is 0. The Kier molecular flexibility index (Phi) is 6.19. The standard InChI is InChI=1S/C20H16ClF2NO2S/c1-24(20(25)12-27-19-9-6-15(22)10-17(19)23)11-16-7-8-18(26-16)13-2-4-14(21)5-3-13/h2-10H,11-12H2,1H3. The van der Waals surface area contributed by atoms with Crippen molar-refractivity contribution in [3.05, 3.63) is 77.0 Å². The molecule has 7 heteroatoms. The third-order valence-electron chi connectivity index (χ3n) is 3.85. The molecular weight excluding hydrogens is 392 g/mol. The van der Waals surface area contributed by atoms with Crippen LogP contribution in [0.15, 0.2) is 63.9 Å². The van der Waals surface area contributed by atoms with Crippen molar-refractivity contribution in [1.82, 2.24) is 4.90 Å². The van der Waals surface area contributed by atoms with Crippen molar-refractivity contribution < 1.29 is 18.0 Å². The number of carbonyl (C=O) groups is 1. The highest BCUT2D eigenvalue weighted by Crippen LogP contribution is 2.25. The van der Waals surface area contributed by atoms with Crippen LogP contribution in [0.1, 0.15) is 5.76 Å². The number of carbonyl (C=O) groups excluding carboxylic acids is 1.